The molecule has 28 heavy (non-hydrogen) atoms. The van der Waals surface area contributed by atoms with E-state index in [1.54, 1.807) is 24.3 Å². The summed E-state index contributed by atoms with van der Waals surface area (Å²) in [4.78, 5) is 4.61. The van der Waals surface area contributed by atoms with E-state index in [1.165, 1.54) is 4.31 Å². The quantitative estimate of drug-likeness (QED) is 0.687. The largest absolute Gasteiger partial charge is 0.334 e. The van der Waals surface area contributed by atoms with Crippen molar-refractivity contribution in [3.63, 3.8) is 0 Å². The first-order valence-corrected chi connectivity index (χ1v) is 10.6. The highest BCUT2D eigenvalue weighted by Crippen LogP contribution is 2.33. The van der Waals surface area contributed by atoms with Gasteiger partial charge in [0, 0.05) is 24.6 Å². The van der Waals surface area contributed by atoms with Crippen LogP contribution in [0.1, 0.15) is 18.3 Å². The molecule has 7 nitrogen and oxygen atoms in total. The molecular weight excluding hydrogens is 376 g/mol. The predicted molar refractivity (Wildman–Crippen MR) is 107 cm³/mol. The molecule has 1 unspecified atom stereocenters. The highest BCUT2D eigenvalue weighted by Gasteiger charge is 2.31. The third-order valence-electron chi connectivity index (χ3n) is 4.96. The summed E-state index contributed by atoms with van der Waals surface area (Å²) in [6, 6.07) is 14.5. The van der Waals surface area contributed by atoms with Crippen LogP contribution in [-0.4, -0.2) is 38.2 Å². The molecule has 0 saturated heterocycles. The van der Waals surface area contributed by atoms with Crippen molar-refractivity contribution in [1.29, 1.82) is 0 Å². The van der Waals surface area contributed by atoms with Gasteiger partial charge in [0.2, 0.25) is 0 Å². The molecular formula is C20H22N4O3S. The number of hydrogen-bond acceptors (Lipinski definition) is 6. The van der Waals surface area contributed by atoms with Gasteiger partial charge in [-0.05, 0) is 50.2 Å². The number of likely N-dealkylation sites (N-methyl/N-ethyl adjacent to an activating group) is 1. The van der Waals surface area contributed by atoms with Crippen molar-refractivity contribution in [2.75, 3.05) is 17.9 Å². The molecule has 0 spiro atoms. The number of anilines is 1. The maximum atomic E-state index is 13.2. The van der Waals surface area contributed by atoms with E-state index in [-0.39, 0.29) is 10.9 Å². The third kappa shape index (κ3) is 3.41. The monoisotopic (exact) mass is 398 g/mol. The van der Waals surface area contributed by atoms with Crippen molar-refractivity contribution in [3.05, 3.63) is 59.9 Å². The summed E-state index contributed by atoms with van der Waals surface area (Å²) in [6.45, 7) is 2.47. The van der Waals surface area contributed by atoms with Crippen LogP contribution in [0, 0.1) is 0 Å². The minimum atomic E-state index is -3.67. The van der Waals surface area contributed by atoms with Gasteiger partial charge in [0.25, 0.3) is 15.9 Å². The Morgan fingerprint density at radius 1 is 1.21 bits per heavy atom. The van der Waals surface area contributed by atoms with Gasteiger partial charge in [-0.3, -0.25) is 4.31 Å². The molecule has 1 N–H and O–H groups in total. The van der Waals surface area contributed by atoms with E-state index in [1.807, 2.05) is 38.2 Å². The topological polar surface area (TPSA) is 88.3 Å². The molecule has 0 bridgehead atoms. The Morgan fingerprint density at radius 2 is 2.04 bits per heavy atom. The fourth-order valence-electron chi connectivity index (χ4n) is 3.30. The van der Waals surface area contributed by atoms with Crippen molar-refractivity contribution in [2.24, 2.45) is 0 Å². The van der Waals surface area contributed by atoms with E-state index in [4.69, 9.17) is 4.52 Å². The van der Waals surface area contributed by atoms with E-state index >= 15 is 0 Å². The van der Waals surface area contributed by atoms with Gasteiger partial charge in [0.1, 0.15) is 0 Å². The third-order valence-corrected chi connectivity index (χ3v) is 6.77. The maximum absolute atomic E-state index is 13.2. The van der Waals surface area contributed by atoms with E-state index in [2.05, 4.69) is 15.5 Å². The van der Waals surface area contributed by atoms with Crippen LogP contribution in [0.3, 0.4) is 0 Å². The van der Waals surface area contributed by atoms with Crippen LogP contribution in [0.15, 0.2) is 57.9 Å². The van der Waals surface area contributed by atoms with Crippen molar-refractivity contribution >= 4 is 15.7 Å². The summed E-state index contributed by atoms with van der Waals surface area (Å²) in [5.74, 6) is 0.899. The van der Waals surface area contributed by atoms with Crippen molar-refractivity contribution in [2.45, 2.75) is 30.7 Å². The number of sulfonamides is 1. The maximum Gasteiger partial charge on any atom is 0.264 e. The standard InChI is InChI=1S/C20H22N4O3S/c1-14(21-2)12-19-22-20(27-23-19)16-7-5-8-17(13-16)28(25,26)24-11-10-15-6-3-4-9-18(15)24/h3-9,13-14,21H,10-12H2,1-2H3. The summed E-state index contributed by atoms with van der Waals surface area (Å²) in [5, 5.41) is 7.12. The first-order chi connectivity index (χ1) is 13.5. The van der Waals surface area contributed by atoms with Gasteiger partial charge in [0.15, 0.2) is 5.82 Å². The van der Waals surface area contributed by atoms with Crippen LogP contribution < -0.4 is 9.62 Å². The fourth-order valence-corrected chi connectivity index (χ4v) is 4.85. The summed E-state index contributed by atoms with van der Waals surface area (Å²) in [6.07, 6.45) is 1.34. The second-order valence-corrected chi connectivity index (χ2v) is 8.76. The number of rotatable bonds is 6. The van der Waals surface area contributed by atoms with Crippen molar-refractivity contribution in [1.82, 2.24) is 15.5 Å². The first kappa shape index (κ1) is 18.6. The Hall–Kier alpha value is -2.71. The second-order valence-electron chi connectivity index (χ2n) is 6.89. The molecule has 1 aliphatic rings. The molecule has 1 aromatic heterocycles. The molecule has 1 atom stereocenters. The van der Waals surface area contributed by atoms with E-state index in [0.717, 1.165) is 11.3 Å². The van der Waals surface area contributed by atoms with Crippen LogP contribution in [0.4, 0.5) is 5.69 Å². The molecule has 3 aromatic rings. The lowest BCUT2D eigenvalue weighted by molar-refractivity contribution is 0.418. The molecule has 146 valence electrons. The van der Waals surface area contributed by atoms with Crippen LogP contribution in [0.2, 0.25) is 0 Å². The Labute approximate surface area is 164 Å². The normalized spacial score (nSPS) is 14.9. The van der Waals surface area contributed by atoms with Gasteiger partial charge in [-0.1, -0.05) is 29.4 Å². The van der Waals surface area contributed by atoms with Crippen molar-refractivity contribution < 1.29 is 12.9 Å². The average Bonchev–Trinajstić information content (AvgIpc) is 3.35. The fraction of sp³-hybridized carbons (Fsp3) is 0.300. The minimum absolute atomic E-state index is 0.213. The Kier molecular flexibility index (Phi) is 4.91. The smallest absolute Gasteiger partial charge is 0.264 e. The van der Waals surface area contributed by atoms with Crippen LogP contribution >= 0.6 is 0 Å². The van der Waals surface area contributed by atoms with Gasteiger partial charge in [0.05, 0.1) is 10.6 Å². The van der Waals surface area contributed by atoms with Crippen LogP contribution in [0.5, 0.6) is 0 Å². The molecule has 0 aliphatic carbocycles. The molecule has 1 aliphatic heterocycles. The van der Waals surface area contributed by atoms with Gasteiger partial charge in [-0.15, -0.1) is 0 Å². The Bertz CT molecular complexity index is 1090. The molecule has 0 fully saturated rings. The molecule has 0 saturated carbocycles. The van der Waals surface area contributed by atoms with E-state index in [9.17, 15) is 8.42 Å². The summed E-state index contributed by atoms with van der Waals surface area (Å²) in [5.41, 5.74) is 2.38. The zero-order valence-corrected chi connectivity index (χ0v) is 16.6. The zero-order chi connectivity index (χ0) is 19.7. The van der Waals surface area contributed by atoms with Gasteiger partial charge in [-0.25, -0.2) is 8.42 Å². The second kappa shape index (κ2) is 7.37. The molecule has 0 amide bonds. The van der Waals surface area contributed by atoms with Gasteiger partial charge < -0.3 is 9.84 Å². The highest BCUT2D eigenvalue weighted by molar-refractivity contribution is 7.92. The number of hydrogen-bond donors (Lipinski definition) is 1. The van der Waals surface area contributed by atoms with Crippen LogP contribution in [0.25, 0.3) is 11.5 Å². The van der Waals surface area contributed by atoms with Crippen LogP contribution in [-0.2, 0) is 22.9 Å². The Morgan fingerprint density at radius 3 is 2.86 bits per heavy atom. The number of benzene rings is 2. The van der Waals surface area contributed by atoms with E-state index in [0.29, 0.717) is 36.7 Å². The molecule has 4 rings (SSSR count). The highest BCUT2D eigenvalue weighted by atomic mass is 32.2. The Balaban J connectivity index is 1.64. The number of fused-ring (bicyclic) bond motifs is 1. The number of para-hydroxylation sites is 1. The SMILES string of the molecule is CNC(C)Cc1noc(-c2cccc(S(=O)(=O)N3CCc4ccccc43)c2)n1. The molecule has 0 radical (unpaired) electrons. The van der Waals surface area contributed by atoms with Gasteiger partial charge in [-0.2, -0.15) is 4.98 Å². The first-order valence-electron chi connectivity index (χ1n) is 9.20. The lowest BCUT2D eigenvalue weighted by Crippen LogP contribution is -2.29. The minimum Gasteiger partial charge on any atom is -0.334 e. The summed E-state index contributed by atoms with van der Waals surface area (Å²) < 4.78 is 33.3. The molecule has 2 heterocycles. The van der Waals surface area contributed by atoms with Crippen molar-refractivity contribution in [3.8, 4) is 11.5 Å². The summed E-state index contributed by atoms with van der Waals surface area (Å²) >= 11 is 0. The predicted octanol–water partition coefficient (Wildman–Crippen LogP) is 2.64. The average molecular weight is 398 g/mol. The number of nitrogens with one attached hydrogen (secondary N) is 1. The molecule has 2 aromatic carbocycles. The van der Waals surface area contributed by atoms with Gasteiger partial charge >= 0.3 is 0 Å². The zero-order valence-electron chi connectivity index (χ0n) is 15.8. The molecule has 8 heteroatoms. The number of aromatic nitrogens is 2. The summed E-state index contributed by atoms with van der Waals surface area (Å²) in [7, 11) is -1.79. The number of nitrogens with zero attached hydrogens (tertiary/aromatic N) is 3. The lowest BCUT2D eigenvalue weighted by Gasteiger charge is -2.19. The lowest BCUT2D eigenvalue weighted by atomic mass is 10.2. The van der Waals surface area contributed by atoms with E-state index < -0.39 is 10.0 Å².